The maximum absolute atomic E-state index is 12.8. The Morgan fingerprint density at radius 3 is 2.63 bits per heavy atom. The van der Waals surface area contributed by atoms with Crippen molar-refractivity contribution < 1.29 is 22.8 Å². The summed E-state index contributed by atoms with van der Waals surface area (Å²) in [5.74, 6) is -0.970. The van der Waals surface area contributed by atoms with Gasteiger partial charge in [0, 0.05) is 17.3 Å². The standard InChI is InChI=1S/C19H16F3N5O2S/c20-19(21,22)12-4-3-6-13(8-12)26-18-27-15(11-30-18)17(29)25-10-16(28)24-9-14-5-1-2-7-23-14/h1-8,11H,9-10H2,(H,24,28)(H,25,29)(H,26,27). The molecule has 0 radical (unpaired) electrons. The molecule has 3 aromatic rings. The first-order valence-corrected chi connectivity index (χ1v) is 9.54. The Kier molecular flexibility index (Phi) is 6.62. The van der Waals surface area contributed by atoms with Crippen LogP contribution in [-0.2, 0) is 17.5 Å². The Hall–Kier alpha value is -3.47. The largest absolute Gasteiger partial charge is 0.416 e. The highest BCUT2D eigenvalue weighted by molar-refractivity contribution is 7.14. The number of hydrogen-bond donors (Lipinski definition) is 3. The minimum Gasteiger partial charge on any atom is -0.349 e. The maximum atomic E-state index is 12.8. The third kappa shape index (κ3) is 6.01. The molecule has 0 aliphatic rings. The Balaban J connectivity index is 1.50. The number of rotatable bonds is 7. The van der Waals surface area contributed by atoms with Crippen molar-refractivity contribution in [2.24, 2.45) is 0 Å². The molecule has 0 saturated carbocycles. The zero-order valence-corrected chi connectivity index (χ0v) is 16.2. The molecule has 0 saturated heterocycles. The molecule has 30 heavy (non-hydrogen) atoms. The number of carbonyl (C=O) groups is 2. The number of nitrogens with zero attached hydrogens (tertiary/aromatic N) is 2. The lowest BCUT2D eigenvalue weighted by Gasteiger charge is -2.09. The van der Waals surface area contributed by atoms with E-state index in [0.29, 0.717) is 5.69 Å². The van der Waals surface area contributed by atoms with Gasteiger partial charge >= 0.3 is 6.18 Å². The monoisotopic (exact) mass is 435 g/mol. The van der Waals surface area contributed by atoms with Crippen molar-refractivity contribution in [3.05, 3.63) is 71.0 Å². The van der Waals surface area contributed by atoms with Crippen LogP contribution in [0.4, 0.5) is 24.0 Å². The summed E-state index contributed by atoms with van der Waals surface area (Å²) in [5.41, 5.74) is 0.132. The van der Waals surface area contributed by atoms with Gasteiger partial charge in [0.25, 0.3) is 5.91 Å². The fourth-order valence-corrected chi connectivity index (χ4v) is 3.05. The zero-order valence-electron chi connectivity index (χ0n) is 15.4. The third-order valence-electron chi connectivity index (χ3n) is 3.78. The number of carbonyl (C=O) groups excluding carboxylic acids is 2. The van der Waals surface area contributed by atoms with Crippen molar-refractivity contribution in [1.82, 2.24) is 20.6 Å². The Labute approximate surface area is 173 Å². The fourth-order valence-electron chi connectivity index (χ4n) is 2.34. The second-order valence-corrected chi connectivity index (χ2v) is 6.88. The summed E-state index contributed by atoms with van der Waals surface area (Å²) in [7, 11) is 0. The van der Waals surface area contributed by atoms with Crippen molar-refractivity contribution in [2.75, 3.05) is 11.9 Å². The summed E-state index contributed by atoms with van der Waals surface area (Å²) in [6.07, 6.45) is -2.85. The molecule has 1 aromatic carbocycles. The van der Waals surface area contributed by atoms with E-state index in [-0.39, 0.29) is 29.6 Å². The van der Waals surface area contributed by atoms with Crippen LogP contribution in [0.2, 0.25) is 0 Å². The quantitative estimate of drug-likeness (QED) is 0.529. The Morgan fingerprint density at radius 1 is 1.07 bits per heavy atom. The van der Waals surface area contributed by atoms with Gasteiger partial charge in [-0.15, -0.1) is 11.3 Å². The van der Waals surface area contributed by atoms with Gasteiger partial charge in [0.1, 0.15) is 5.69 Å². The number of nitrogens with one attached hydrogen (secondary N) is 3. The number of pyridine rings is 1. The predicted molar refractivity (Wildman–Crippen MR) is 105 cm³/mol. The van der Waals surface area contributed by atoms with Gasteiger partial charge < -0.3 is 16.0 Å². The minimum absolute atomic E-state index is 0.0482. The Morgan fingerprint density at radius 2 is 1.90 bits per heavy atom. The summed E-state index contributed by atoms with van der Waals surface area (Å²) >= 11 is 1.05. The van der Waals surface area contributed by atoms with Gasteiger partial charge in [-0.25, -0.2) is 4.98 Å². The Bertz CT molecular complexity index is 1020. The van der Waals surface area contributed by atoms with E-state index in [0.717, 1.165) is 23.5 Å². The molecular weight excluding hydrogens is 419 g/mol. The SMILES string of the molecule is O=C(CNC(=O)c1csc(Nc2cccc(C(F)(F)F)c2)n1)NCc1ccccn1. The van der Waals surface area contributed by atoms with E-state index in [4.69, 9.17) is 0 Å². The van der Waals surface area contributed by atoms with E-state index < -0.39 is 23.6 Å². The molecule has 3 rings (SSSR count). The molecule has 0 spiro atoms. The molecule has 2 amide bonds. The van der Waals surface area contributed by atoms with E-state index in [1.165, 1.54) is 17.5 Å². The fraction of sp³-hybridized carbons (Fsp3) is 0.158. The van der Waals surface area contributed by atoms with Crippen molar-refractivity contribution >= 4 is 34.0 Å². The summed E-state index contributed by atoms with van der Waals surface area (Å²) < 4.78 is 38.4. The molecule has 0 atom stereocenters. The number of alkyl halides is 3. The summed E-state index contributed by atoms with van der Waals surface area (Å²) in [4.78, 5) is 32.1. The van der Waals surface area contributed by atoms with Crippen LogP contribution < -0.4 is 16.0 Å². The average molecular weight is 435 g/mol. The van der Waals surface area contributed by atoms with Crippen LogP contribution in [0.3, 0.4) is 0 Å². The summed E-state index contributed by atoms with van der Waals surface area (Å²) in [6, 6.07) is 9.96. The van der Waals surface area contributed by atoms with Gasteiger partial charge in [0.2, 0.25) is 5.91 Å². The molecule has 156 valence electrons. The predicted octanol–water partition coefficient (Wildman–Crippen LogP) is 3.35. The maximum Gasteiger partial charge on any atom is 0.416 e. The van der Waals surface area contributed by atoms with E-state index in [2.05, 4.69) is 25.9 Å². The summed E-state index contributed by atoms with van der Waals surface area (Å²) in [5, 5.41) is 9.49. The molecular formula is C19H16F3N5O2S. The molecule has 0 aliphatic heterocycles. The highest BCUT2D eigenvalue weighted by atomic mass is 32.1. The van der Waals surface area contributed by atoms with Gasteiger partial charge in [0.15, 0.2) is 5.13 Å². The van der Waals surface area contributed by atoms with E-state index in [9.17, 15) is 22.8 Å². The van der Waals surface area contributed by atoms with Gasteiger partial charge in [-0.2, -0.15) is 13.2 Å². The number of aromatic nitrogens is 2. The van der Waals surface area contributed by atoms with E-state index in [1.54, 1.807) is 24.4 Å². The second kappa shape index (κ2) is 9.35. The first-order valence-electron chi connectivity index (χ1n) is 8.66. The topological polar surface area (TPSA) is 96.0 Å². The van der Waals surface area contributed by atoms with Crippen molar-refractivity contribution in [3.63, 3.8) is 0 Å². The van der Waals surface area contributed by atoms with Crippen LogP contribution in [0.5, 0.6) is 0 Å². The van der Waals surface area contributed by atoms with Crippen LogP contribution in [0.25, 0.3) is 0 Å². The number of halogens is 3. The molecule has 0 unspecified atom stereocenters. The molecule has 0 fully saturated rings. The smallest absolute Gasteiger partial charge is 0.349 e. The lowest BCUT2D eigenvalue weighted by Crippen LogP contribution is -2.36. The molecule has 11 heteroatoms. The molecule has 0 aliphatic carbocycles. The van der Waals surface area contributed by atoms with Crippen molar-refractivity contribution in [3.8, 4) is 0 Å². The number of amides is 2. The highest BCUT2D eigenvalue weighted by Crippen LogP contribution is 2.31. The number of benzene rings is 1. The molecule has 0 bridgehead atoms. The number of anilines is 2. The van der Waals surface area contributed by atoms with Gasteiger partial charge in [-0.1, -0.05) is 12.1 Å². The lowest BCUT2D eigenvalue weighted by atomic mass is 10.2. The summed E-state index contributed by atoms with van der Waals surface area (Å²) in [6.45, 7) is -0.0170. The molecule has 3 N–H and O–H groups in total. The van der Waals surface area contributed by atoms with Crippen LogP contribution in [0, 0.1) is 0 Å². The molecule has 2 heterocycles. The van der Waals surface area contributed by atoms with Gasteiger partial charge in [-0.3, -0.25) is 14.6 Å². The zero-order chi connectivity index (χ0) is 21.6. The number of thiazole rings is 1. The van der Waals surface area contributed by atoms with Crippen molar-refractivity contribution in [2.45, 2.75) is 12.7 Å². The average Bonchev–Trinajstić information content (AvgIpc) is 3.19. The normalized spacial score (nSPS) is 11.0. The first kappa shape index (κ1) is 21.2. The van der Waals surface area contributed by atoms with Crippen molar-refractivity contribution in [1.29, 1.82) is 0 Å². The van der Waals surface area contributed by atoms with Crippen LogP contribution in [-0.4, -0.2) is 28.3 Å². The van der Waals surface area contributed by atoms with Gasteiger partial charge in [-0.05, 0) is 30.3 Å². The molecule has 2 aromatic heterocycles. The van der Waals surface area contributed by atoms with Gasteiger partial charge in [0.05, 0.1) is 24.3 Å². The van der Waals surface area contributed by atoms with Crippen LogP contribution in [0.1, 0.15) is 21.7 Å². The lowest BCUT2D eigenvalue weighted by molar-refractivity contribution is -0.137. The minimum atomic E-state index is -4.46. The highest BCUT2D eigenvalue weighted by Gasteiger charge is 2.30. The number of hydrogen-bond acceptors (Lipinski definition) is 6. The van der Waals surface area contributed by atoms with E-state index in [1.807, 2.05) is 0 Å². The molecule has 7 nitrogen and oxygen atoms in total. The third-order valence-corrected chi connectivity index (χ3v) is 4.54. The van der Waals surface area contributed by atoms with Crippen LogP contribution >= 0.6 is 11.3 Å². The second-order valence-electron chi connectivity index (χ2n) is 6.02. The van der Waals surface area contributed by atoms with E-state index >= 15 is 0 Å². The van der Waals surface area contributed by atoms with Crippen LogP contribution in [0.15, 0.2) is 54.0 Å². The first-order chi connectivity index (χ1) is 14.3.